The molecule has 0 radical (unpaired) electrons. The van der Waals surface area contributed by atoms with Crippen molar-refractivity contribution in [3.8, 4) is 0 Å². The topological polar surface area (TPSA) is 78.0 Å². The molecule has 116 valence electrons. The van der Waals surface area contributed by atoms with Gasteiger partial charge in [-0.2, -0.15) is 0 Å². The third-order valence-electron chi connectivity index (χ3n) is 3.81. The highest BCUT2D eigenvalue weighted by Crippen LogP contribution is 2.21. The Morgan fingerprint density at radius 3 is 2.81 bits per heavy atom. The van der Waals surface area contributed by atoms with Crippen LogP contribution in [-0.2, 0) is 22.8 Å². The van der Waals surface area contributed by atoms with E-state index in [4.69, 9.17) is 5.73 Å². The Hall–Kier alpha value is -1.40. The summed E-state index contributed by atoms with van der Waals surface area (Å²) in [6.45, 7) is 4.17. The summed E-state index contributed by atoms with van der Waals surface area (Å²) in [5.74, 6) is 0.316. The highest BCUT2D eigenvalue weighted by molar-refractivity contribution is 7.91. The van der Waals surface area contributed by atoms with E-state index >= 15 is 0 Å². The molecule has 0 amide bonds. The number of nitrogens with zero attached hydrogens (tertiary/aromatic N) is 2. The SMILES string of the molecule is CCC(N)Cc1cn(CCS(=O)(=O)CC)c2ncccc12. The van der Waals surface area contributed by atoms with E-state index in [1.54, 1.807) is 13.1 Å². The molecule has 0 spiro atoms. The Balaban J connectivity index is 2.31. The van der Waals surface area contributed by atoms with Gasteiger partial charge in [0, 0.05) is 36.1 Å². The summed E-state index contributed by atoms with van der Waals surface area (Å²) in [6, 6.07) is 4.03. The van der Waals surface area contributed by atoms with E-state index in [0.717, 1.165) is 29.4 Å². The fourth-order valence-electron chi connectivity index (χ4n) is 2.34. The Kier molecular flexibility index (Phi) is 5.00. The van der Waals surface area contributed by atoms with Crippen LogP contribution < -0.4 is 5.73 Å². The number of nitrogens with two attached hydrogens (primary N) is 1. The summed E-state index contributed by atoms with van der Waals surface area (Å²) in [6.07, 6.45) is 5.43. The van der Waals surface area contributed by atoms with Crippen LogP contribution in [0.15, 0.2) is 24.5 Å². The average Bonchev–Trinajstić information content (AvgIpc) is 2.83. The van der Waals surface area contributed by atoms with Crippen molar-refractivity contribution < 1.29 is 8.42 Å². The molecule has 1 unspecified atom stereocenters. The van der Waals surface area contributed by atoms with E-state index in [9.17, 15) is 8.42 Å². The predicted molar refractivity (Wildman–Crippen MR) is 86.0 cm³/mol. The summed E-state index contributed by atoms with van der Waals surface area (Å²) in [4.78, 5) is 4.39. The Bertz CT molecular complexity index is 707. The van der Waals surface area contributed by atoms with Crippen LogP contribution >= 0.6 is 0 Å². The van der Waals surface area contributed by atoms with E-state index in [0.29, 0.717) is 6.54 Å². The zero-order valence-corrected chi connectivity index (χ0v) is 13.4. The van der Waals surface area contributed by atoms with Crippen LogP contribution in [0.2, 0.25) is 0 Å². The molecule has 0 aliphatic carbocycles. The minimum Gasteiger partial charge on any atom is -0.331 e. The first-order valence-corrected chi connectivity index (χ1v) is 9.17. The molecular formula is C15H23N3O2S. The van der Waals surface area contributed by atoms with Gasteiger partial charge in [-0.25, -0.2) is 13.4 Å². The number of hydrogen-bond donors (Lipinski definition) is 1. The van der Waals surface area contributed by atoms with Crippen LogP contribution in [0.4, 0.5) is 0 Å². The summed E-state index contributed by atoms with van der Waals surface area (Å²) < 4.78 is 25.3. The van der Waals surface area contributed by atoms with Crippen LogP contribution in [0.25, 0.3) is 11.0 Å². The number of aryl methyl sites for hydroxylation is 1. The minimum absolute atomic E-state index is 0.114. The molecule has 0 aromatic carbocycles. The lowest BCUT2D eigenvalue weighted by Crippen LogP contribution is -2.21. The van der Waals surface area contributed by atoms with Gasteiger partial charge in [0.05, 0.1) is 5.75 Å². The maximum Gasteiger partial charge on any atom is 0.151 e. The third kappa shape index (κ3) is 3.83. The van der Waals surface area contributed by atoms with E-state index in [-0.39, 0.29) is 17.5 Å². The number of fused-ring (bicyclic) bond motifs is 1. The first-order valence-electron chi connectivity index (χ1n) is 7.35. The van der Waals surface area contributed by atoms with E-state index in [1.165, 1.54) is 0 Å². The molecule has 2 aromatic rings. The van der Waals surface area contributed by atoms with E-state index in [1.807, 2.05) is 22.9 Å². The molecule has 2 aromatic heterocycles. The van der Waals surface area contributed by atoms with E-state index < -0.39 is 9.84 Å². The van der Waals surface area contributed by atoms with Crippen LogP contribution in [0.1, 0.15) is 25.8 Å². The average molecular weight is 309 g/mol. The van der Waals surface area contributed by atoms with Gasteiger partial charge in [-0.05, 0) is 30.5 Å². The van der Waals surface area contributed by atoms with Gasteiger partial charge in [0.2, 0.25) is 0 Å². The number of sulfone groups is 1. The van der Waals surface area contributed by atoms with Crippen LogP contribution in [0, 0.1) is 0 Å². The maximum absolute atomic E-state index is 11.7. The van der Waals surface area contributed by atoms with Crippen molar-refractivity contribution in [2.24, 2.45) is 5.73 Å². The normalized spacial score (nSPS) is 13.7. The lowest BCUT2D eigenvalue weighted by atomic mass is 10.1. The molecule has 0 saturated heterocycles. The fraction of sp³-hybridized carbons (Fsp3) is 0.533. The van der Waals surface area contributed by atoms with Crippen molar-refractivity contribution in [2.75, 3.05) is 11.5 Å². The Morgan fingerprint density at radius 2 is 2.14 bits per heavy atom. The molecule has 21 heavy (non-hydrogen) atoms. The smallest absolute Gasteiger partial charge is 0.151 e. The van der Waals surface area contributed by atoms with Crippen LogP contribution in [0.5, 0.6) is 0 Å². The van der Waals surface area contributed by atoms with Crippen molar-refractivity contribution in [3.63, 3.8) is 0 Å². The van der Waals surface area contributed by atoms with Crippen molar-refractivity contribution in [1.82, 2.24) is 9.55 Å². The van der Waals surface area contributed by atoms with Crippen molar-refractivity contribution in [3.05, 3.63) is 30.1 Å². The zero-order chi connectivity index (χ0) is 15.5. The van der Waals surface area contributed by atoms with Crippen molar-refractivity contribution >= 4 is 20.9 Å². The molecule has 2 N–H and O–H groups in total. The molecule has 1 atom stereocenters. The Morgan fingerprint density at radius 1 is 1.38 bits per heavy atom. The fourth-order valence-corrected chi connectivity index (χ4v) is 3.10. The maximum atomic E-state index is 11.7. The summed E-state index contributed by atoms with van der Waals surface area (Å²) >= 11 is 0. The molecule has 2 rings (SSSR count). The van der Waals surface area contributed by atoms with Gasteiger partial charge in [0.15, 0.2) is 9.84 Å². The minimum atomic E-state index is -2.98. The van der Waals surface area contributed by atoms with E-state index in [2.05, 4.69) is 11.9 Å². The number of hydrogen-bond acceptors (Lipinski definition) is 4. The summed E-state index contributed by atoms with van der Waals surface area (Å²) in [5.41, 5.74) is 8.02. The standard InChI is InChI=1S/C15H23N3O2S/c1-3-13(16)10-12-11-18(8-9-21(19,20)4-2)15-14(12)6-5-7-17-15/h5-7,11,13H,3-4,8-10,16H2,1-2H3. The second-order valence-electron chi connectivity index (χ2n) is 5.33. The van der Waals surface area contributed by atoms with Gasteiger partial charge < -0.3 is 10.3 Å². The molecule has 5 nitrogen and oxygen atoms in total. The van der Waals surface area contributed by atoms with Crippen molar-refractivity contribution in [2.45, 2.75) is 39.3 Å². The first-order chi connectivity index (χ1) is 9.96. The molecular weight excluding hydrogens is 286 g/mol. The van der Waals surface area contributed by atoms with Gasteiger partial charge in [-0.1, -0.05) is 13.8 Å². The predicted octanol–water partition coefficient (Wildman–Crippen LogP) is 1.75. The van der Waals surface area contributed by atoms with Crippen LogP contribution in [-0.4, -0.2) is 35.5 Å². The summed E-state index contributed by atoms with van der Waals surface area (Å²) in [5, 5.41) is 1.07. The molecule has 0 aliphatic rings. The largest absolute Gasteiger partial charge is 0.331 e. The van der Waals surface area contributed by atoms with Gasteiger partial charge in [0.1, 0.15) is 5.65 Å². The lowest BCUT2D eigenvalue weighted by Gasteiger charge is -2.06. The quantitative estimate of drug-likeness (QED) is 0.845. The van der Waals surface area contributed by atoms with Crippen LogP contribution in [0.3, 0.4) is 0 Å². The molecule has 6 heteroatoms. The zero-order valence-electron chi connectivity index (χ0n) is 12.6. The van der Waals surface area contributed by atoms with Gasteiger partial charge >= 0.3 is 0 Å². The highest BCUT2D eigenvalue weighted by atomic mass is 32.2. The monoisotopic (exact) mass is 309 g/mol. The van der Waals surface area contributed by atoms with Gasteiger partial charge in [-0.3, -0.25) is 0 Å². The summed E-state index contributed by atoms with van der Waals surface area (Å²) in [7, 11) is -2.98. The van der Waals surface area contributed by atoms with Gasteiger partial charge in [0.25, 0.3) is 0 Å². The molecule has 0 saturated carbocycles. The second kappa shape index (κ2) is 6.58. The second-order valence-corrected chi connectivity index (χ2v) is 7.80. The lowest BCUT2D eigenvalue weighted by molar-refractivity contribution is 0.590. The first kappa shape index (κ1) is 16.0. The highest BCUT2D eigenvalue weighted by Gasteiger charge is 2.14. The third-order valence-corrected chi connectivity index (χ3v) is 5.49. The molecule has 0 aliphatic heterocycles. The molecule has 0 fully saturated rings. The van der Waals surface area contributed by atoms with Gasteiger partial charge in [-0.15, -0.1) is 0 Å². The number of pyridine rings is 1. The molecule has 0 bridgehead atoms. The number of aromatic nitrogens is 2. The Labute approximate surface area is 126 Å². The molecule has 2 heterocycles. The number of rotatable bonds is 7. The van der Waals surface area contributed by atoms with Crippen molar-refractivity contribution in [1.29, 1.82) is 0 Å².